The van der Waals surface area contributed by atoms with Crippen molar-refractivity contribution in [1.82, 2.24) is 0 Å². The average molecular weight is 186 g/mol. The van der Waals surface area contributed by atoms with Crippen LogP contribution in [0.25, 0.3) is 0 Å². The fourth-order valence-electron chi connectivity index (χ4n) is 1.77. The fraction of sp³-hybridized carbons (Fsp3) is 0.778. The minimum atomic E-state index is 0.153. The summed E-state index contributed by atoms with van der Waals surface area (Å²) < 4.78 is 11.4. The van der Waals surface area contributed by atoms with E-state index in [0.717, 1.165) is 12.4 Å². The number of hydrogen-bond acceptors (Lipinski definition) is 3. The molecule has 0 saturated carbocycles. The van der Waals surface area contributed by atoms with Crippen molar-refractivity contribution in [3.63, 3.8) is 0 Å². The summed E-state index contributed by atoms with van der Waals surface area (Å²) in [4.78, 5) is 1.28. The van der Waals surface area contributed by atoms with Gasteiger partial charge in [0.2, 0.25) is 0 Å². The zero-order chi connectivity index (χ0) is 8.77. The molecule has 0 amide bonds. The molecule has 2 rings (SSSR count). The van der Waals surface area contributed by atoms with Gasteiger partial charge in [0.05, 0.1) is 6.61 Å². The summed E-state index contributed by atoms with van der Waals surface area (Å²) in [5.41, 5.74) is 0. The first-order chi connectivity index (χ1) is 5.61. The van der Waals surface area contributed by atoms with E-state index in [1.54, 1.807) is 0 Å². The summed E-state index contributed by atoms with van der Waals surface area (Å²) in [6.45, 7) is 7.95. The molecular weight excluding hydrogens is 172 g/mol. The Balaban J connectivity index is 2.28. The molecule has 1 atom stereocenters. The molecule has 2 heterocycles. The standard InChI is InChI=1S/C9H14O2S/c1-6-7-8(9(2,3)12-6)11-5-4-10-7/h8H,4-5H2,1-3H3. The van der Waals surface area contributed by atoms with Gasteiger partial charge < -0.3 is 9.47 Å². The molecule has 0 aromatic rings. The maximum atomic E-state index is 5.68. The third-order valence-corrected chi connectivity index (χ3v) is 3.51. The summed E-state index contributed by atoms with van der Waals surface area (Å²) in [5.74, 6) is 1.07. The van der Waals surface area contributed by atoms with Gasteiger partial charge in [0, 0.05) is 9.65 Å². The molecule has 0 spiro atoms. The molecule has 0 N–H and O–H groups in total. The molecule has 68 valence electrons. The van der Waals surface area contributed by atoms with Crippen molar-refractivity contribution in [2.45, 2.75) is 31.6 Å². The molecule has 0 bridgehead atoms. The number of fused-ring (bicyclic) bond motifs is 1. The molecule has 2 nitrogen and oxygen atoms in total. The second kappa shape index (κ2) is 2.67. The van der Waals surface area contributed by atoms with Crippen LogP contribution in [0.3, 0.4) is 0 Å². The SMILES string of the molecule is CC1=C2OCCOC2C(C)(C)S1. The molecule has 12 heavy (non-hydrogen) atoms. The maximum absolute atomic E-state index is 5.68. The minimum absolute atomic E-state index is 0.153. The van der Waals surface area contributed by atoms with Crippen LogP contribution in [0.2, 0.25) is 0 Å². The fourth-order valence-corrected chi connectivity index (χ4v) is 3.11. The Labute approximate surface area is 77.3 Å². The normalized spacial score (nSPS) is 33.1. The van der Waals surface area contributed by atoms with Gasteiger partial charge in [-0.15, -0.1) is 11.8 Å². The molecule has 3 heteroatoms. The van der Waals surface area contributed by atoms with Crippen LogP contribution in [0.4, 0.5) is 0 Å². The highest BCUT2D eigenvalue weighted by Crippen LogP contribution is 2.48. The zero-order valence-corrected chi connectivity index (χ0v) is 8.53. The van der Waals surface area contributed by atoms with Crippen molar-refractivity contribution in [2.75, 3.05) is 13.2 Å². The highest BCUT2D eigenvalue weighted by molar-refractivity contribution is 8.04. The van der Waals surface area contributed by atoms with Crippen LogP contribution in [0.5, 0.6) is 0 Å². The second-order valence-electron chi connectivity index (χ2n) is 3.73. The second-order valence-corrected chi connectivity index (χ2v) is 5.59. The first-order valence-corrected chi connectivity index (χ1v) is 5.07. The van der Waals surface area contributed by atoms with Crippen LogP contribution in [-0.4, -0.2) is 24.1 Å². The zero-order valence-electron chi connectivity index (χ0n) is 7.72. The molecule has 1 fully saturated rings. The van der Waals surface area contributed by atoms with Gasteiger partial charge in [-0.2, -0.15) is 0 Å². The Bertz CT molecular complexity index is 233. The van der Waals surface area contributed by atoms with Gasteiger partial charge >= 0.3 is 0 Å². The van der Waals surface area contributed by atoms with E-state index in [4.69, 9.17) is 9.47 Å². The highest BCUT2D eigenvalue weighted by Gasteiger charge is 2.44. The lowest BCUT2D eigenvalue weighted by Crippen LogP contribution is -2.37. The average Bonchev–Trinajstić information content (AvgIpc) is 2.25. The molecule has 2 aliphatic rings. The largest absolute Gasteiger partial charge is 0.492 e. The summed E-state index contributed by atoms with van der Waals surface area (Å²) in [7, 11) is 0. The van der Waals surface area contributed by atoms with Gasteiger partial charge in [0.25, 0.3) is 0 Å². The van der Waals surface area contributed by atoms with Crippen molar-refractivity contribution in [3.8, 4) is 0 Å². The van der Waals surface area contributed by atoms with Crippen LogP contribution in [-0.2, 0) is 9.47 Å². The molecule has 0 aromatic carbocycles. The Morgan fingerprint density at radius 3 is 2.83 bits per heavy atom. The maximum Gasteiger partial charge on any atom is 0.135 e. The topological polar surface area (TPSA) is 18.5 Å². The quantitative estimate of drug-likeness (QED) is 0.577. The van der Waals surface area contributed by atoms with Crippen molar-refractivity contribution < 1.29 is 9.47 Å². The molecule has 0 aromatic heterocycles. The Morgan fingerprint density at radius 1 is 1.42 bits per heavy atom. The molecule has 1 unspecified atom stereocenters. The van der Waals surface area contributed by atoms with E-state index in [2.05, 4.69) is 20.8 Å². The summed E-state index contributed by atoms with van der Waals surface area (Å²) >= 11 is 1.86. The third kappa shape index (κ3) is 1.15. The van der Waals surface area contributed by atoms with Gasteiger partial charge in [0.1, 0.15) is 18.5 Å². The van der Waals surface area contributed by atoms with Gasteiger partial charge in [0.15, 0.2) is 0 Å². The first-order valence-electron chi connectivity index (χ1n) is 4.25. The van der Waals surface area contributed by atoms with Crippen LogP contribution in [0.15, 0.2) is 10.7 Å². The van der Waals surface area contributed by atoms with E-state index in [-0.39, 0.29) is 10.9 Å². The van der Waals surface area contributed by atoms with E-state index in [1.807, 2.05) is 11.8 Å². The lowest BCUT2D eigenvalue weighted by atomic mass is 10.0. The number of ether oxygens (including phenoxy) is 2. The lowest BCUT2D eigenvalue weighted by molar-refractivity contribution is -0.0512. The Kier molecular flexibility index (Phi) is 1.88. The number of rotatable bonds is 0. The number of thioether (sulfide) groups is 1. The highest BCUT2D eigenvalue weighted by atomic mass is 32.2. The molecule has 0 radical (unpaired) electrons. The van der Waals surface area contributed by atoms with Crippen LogP contribution < -0.4 is 0 Å². The Morgan fingerprint density at radius 2 is 2.17 bits per heavy atom. The van der Waals surface area contributed by atoms with Gasteiger partial charge in [-0.3, -0.25) is 0 Å². The summed E-state index contributed by atoms with van der Waals surface area (Å²) in [5, 5.41) is 0. The summed E-state index contributed by atoms with van der Waals surface area (Å²) in [6, 6.07) is 0. The predicted octanol–water partition coefficient (Wildman–Crippen LogP) is 2.16. The molecule has 2 aliphatic heterocycles. The van der Waals surface area contributed by atoms with Gasteiger partial charge in [-0.05, 0) is 20.8 Å². The monoisotopic (exact) mass is 186 g/mol. The first kappa shape index (κ1) is 8.45. The lowest BCUT2D eigenvalue weighted by Gasteiger charge is -2.31. The summed E-state index contributed by atoms with van der Waals surface area (Å²) in [6.07, 6.45) is 0.177. The predicted molar refractivity (Wildman–Crippen MR) is 50.1 cm³/mol. The van der Waals surface area contributed by atoms with Crippen LogP contribution in [0, 0.1) is 0 Å². The van der Waals surface area contributed by atoms with Gasteiger partial charge in [-0.25, -0.2) is 0 Å². The van der Waals surface area contributed by atoms with E-state index in [0.29, 0.717) is 6.61 Å². The number of allylic oxidation sites excluding steroid dienone is 1. The van der Waals surface area contributed by atoms with Crippen LogP contribution in [0.1, 0.15) is 20.8 Å². The van der Waals surface area contributed by atoms with Crippen molar-refractivity contribution in [3.05, 3.63) is 10.7 Å². The number of hydrogen-bond donors (Lipinski definition) is 0. The van der Waals surface area contributed by atoms with Crippen LogP contribution >= 0.6 is 11.8 Å². The van der Waals surface area contributed by atoms with E-state index >= 15 is 0 Å². The Hall–Kier alpha value is -0.150. The van der Waals surface area contributed by atoms with Crippen molar-refractivity contribution in [2.24, 2.45) is 0 Å². The minimum Gasteiger partial charge on any atom is -0.492 e. The molecule has 1 saturated heterocycles. The van der Waals surface area contributed by atoms with Crippen molar-refractivity contribution in [1.29, 1.82) is 0 Å². The molecular formula is C9H14O2S. The van der Waals surface area contributed by atoms with E-state index in [9.17, 15) is 0 Å². The van der Waals surface area contributed by atoms with Gasteiger partial charge in [-0.1, -0.05) is 0 Å². The van der Waals surface area contributed by atoms with Crippen molar-refractivity contribution >= 4 is 11.8 Å². The smallest absolute Gasteiger partial charge is 0.135 e. The van der Waals surface area contributed by atoms with E-state index in [1.165, 1.54) is 4.91 Å². The molecule has 0 aliphatic carbocycles. The van der Waals surface area contributed by atoms with E-state index < -0.39 is 0 Å². The third-order valence-electron chi connectivity index (χ3n) is 2.26.